The topological polar surface area (TPSA) is 80.9 Å². The van der Waals surface area contributed by atoms with Gasteiger partial charge in [0.15, 0.2) is 0 Å². The number of phenols is 4. The van der Waals surface area contributed by atoms with Crippen molar-refractivity contribution in [3.05, 3.63) is 185 Å². The van der Waals surface area contributed by atoms with E-state index in [1.807, 2.05) is 86.6 Å². The third-order valence-electron chi connectivity index (χ3n) is 5.42. The molecular formula is C40H52O4Y-2. The Hall–Kier alpha value is -3.86. The maximum absolute atomic E-state index is 9.19. The molecule has 0 aliphatic heterocycles. The van der Waals surface area contributed by atoms with Gasteiger partial charge in [0.1, 0.15) is 23.0 Å². The molecule has 45 heavy (non-hydrogen) atoms. The average molecular weight is 686 g/mol. The first kappa shape index (κ1) is 48.1. The predicted octanol–water partition coefficient (Wildman–Crippen LogP) is 10.4. The Bertz CT molecular complexity index is 1130. The molecule has 0 heterocycles. The summed E-state index contributed by atoms with van der Waals surface area (Å²) in [7, 11) is 0. The number of rotatable bonds is 8. The van der Waals surface area contributed by atoms with Crippen LogP contribution in [0.4, 0.5) is 0 Å². The molecule has 5 heteroatoms. The van der Waals surface area contributed by atoms with Crippen LogP contribution in [-0.4, -0.2) is 20.4 Å². The largest absolute Gasteiger partial charge is 0.508 e. The van der Waals surface area contributed by atoms with E-state index >= 15 is 0 Å². The molecule has 4 rings (SSSR count). The zero-order valence-electron chi connectivity index (χ0n) is 27.6. The molecule has 0 aliphatic carbocycles. The molecule has 0 aromatic heterocycles. The van der Waals surface area contributed by atoms with E-state index in [0.717, 1.165) is 47.9 Å². The van der Waals surface area contributed by atoms with Crippen molar-refractivity contribution in [2.45, 2.75) is 39.5 Å². The van der Waals surface area contributed by atoms with E-state index in [-0.39, 0.29) is 47.6 Å². The van der Waals surface area contributed by atoms with Crippen LogP contribution >= 0.6 is 0 Å². The van der Waals surface area contributed by atoms with Gasteiger partial charge in [0.2, 0.25) is 0 Å². The summed E-state index contributed by atoms with van der Waals surface area (Å²) in [5.41, 5.74) is 3.71. The first-order valence-electron chi connectivity index (χ1n) is 13.9. The van der Waals surface area contributed by atoms with Crippen molar-refractivity contribution in [2.24, 2.45) is 0 Å². The monoisotopic (exact) mass is 685 g/mol. The molecule has 4 aromatic rings. The summed E-state index contributed by atoms with van der Waals surface area (Å²) < 4.78 is 0. The van der Waals surface area contributed by atoms with Crippen LogP contribution in [0.1, 0.15) is 36.1 Å². The van der Waals surface area contributed by atoms with Crippen molar-refractivity contribution in [3.8, 4) is 23.0 Å². The molecule has 1 radical (unpaired) electrons. The Morgan fingerprint density at radius 1 is 0.400 bits per heavy atom. The second kappa shape index (κ2) is 31.6. The van der Waals surface area contributed by atoms with Crippen molar-refractivity contribution in [1.82, 2.24) is 0 Å². The Morgan fingerprint density at radius 2 is 0.556 bits per heavy atom. The smallest absolute Gasteiger partial charge is 0.119 e. The molecule has 0 amide bonds. The second-order valence-electron chi connectivity index (χ2n) is 8.49. The molecule has 241 valence electrons. The molecule has 0 aliphatic rings. The van der Waals surface area contributed by atoms with Gasteiger partial charge >= 0.3 is 0 Å². The fourth-order valence-electron chi connectivity index (χ4n) is 3.36. The van der Waals surface area contributed by atoms with Crippen LogP contribution in [0.25, 0.3) is 0 Å². The van der Waals surface area contributed by atoms with E-state index in [1.54, 1.807) is 48.6 Å². The van der Waals surface area contributed by atoms with E-state index in [2.05, 4.69) is 26.3 Å². The van der Waals surface area contributed by atoms with Crippen LogP contribution in [0.3, 0.4) is 0 Å². The van der Waals surface area contributed by atoms with Gasteiger partial charge in [-0.1, -0.05) is 111 Å². The van der Waals surface area contributed by atoms with Gasteiger partial charge in [-0.05, 0) is 72.2 Å². The van der Waals surface area contributed by atoms with Crippen LogP contribution in [0.5, 0.6) is 23.0 Å². The van der Waals surface area contributed by atoms with Gasteiger partial charge in [-0.2, -0.15) is 0 Å². The maximum Gasteiger partial charge on any atom is 0.119 e. The van der Waals surface area contributed by atoms with Crippen LogP contribution in [0.2, 0.25) is 0 Å². The van der Waals surface area contributed by atoms with Gasteiger partial charge in [0.05, 0.1) is 0 Å². The van der Waals surface area contributed by atoms with Crippen molar-refractivity contribution < 1.29 is 53.1 Å². The van der Waals surface area contributed by atoms with Crippen LogP contribution in [-0.2, 0) is 58.4 Å². The number of hydrogen-bond acceptors (Lipinski definition) is 4. The summed E-state index contributed by atoms with van der Waals surface area (Å²) in [6.45, 7) is 18.3. The first-order valence-corrected chi connectivity index (χ1v) is 13.9. The van der Waals surface area contributed by atoms with E-state index in [4.69, 9.17) is 0 Å². The summed E-state index contributed by atoms with van der Waals surface area (Å²) in [5.74, 6) is 1.40. The summed E-state index contributed by atoms with van der Waals surface area (Å²) in [6, 6.07) is 29.1. The molecule has 0 spiro atoms. The zero-order valence-corrected chi connectivity index (χ0v) is 30.4. The quantitative estimate of drug-likeness (QED) is 0.110. The Morgan fingerprint density at radius 3 is 0.689 bits per heavy atom. The summed E-state index contributed by atoms with van der Waals surface area (Å²) >= 11 is 0. The van der Waals surface area contributed by atoms with E-state index in [0.29, 0.717) is 23.0 Å². The third-order valence-corrected chi connectivity index (χ3v) is 5.42. The fraction of sp³-hybridized carbons (Fsp3) is 0.150. The number of para-hydroxylation sites is 4. The van der Waals surface area contributed by atoms with Crippen molar-refractivity contribution in [3.63, 3.8) is 0 Å². The SMILES string of the molecule is C=CCc1ccccc1O.C=CCc1ccccc1O.C=CCc1ccccc1O.C=CCc1ccccc1O.CC.[CH3-].[CH3-].[Y]. The molecule has 0 bridgehead atoms. The second-order valence-corrected chi connectivity index (χ2v) is 8.49. The molecular weight excluding hydrogens is 633 g/mol. The van der Waals surface area contributed by atoms with Crippen molar-refractivity contribution in [2.75, 3.05) is 0 Å². The number of phenolic OH excluding ortho intramolecular Hbond substituents is 4. The summed E-state index contributed by atoms with van der Waals surface area (Å²) in [4.78, 5) is 0. The number of allylic oxidation sites excluding steroid dienone is 4. The van der Waals surface area contributed by atoms with Gasteiger partial charge in [0, 0.05) is 32.7 Å². The molecule has 0 fully saturated rings. The molecule has 0 saturated heterocycles. The van der Waals surface area contributed by atoms with Crippen LogP contribution < -0.4 is 0 Å². The minimum atomic E-state index is 0. The van der Waals surface area contributed by atoms with E-state index < -0.39 is 0 Å². The van der Waals surface area contributed by atoms with Gasteiger partial charge in [-0.3, -0.25) is 0 Å². The number of benzene rings is 4. The first-order chi connectivity index (χ1) is 20.4. The maximum atomic E-state index is 9.19. The Labute approximate surface area is 298 Å². The van der Waals surface area contributed by atoms with Gasteiger partial charge in [-0.15, -0.1) is 26.3 Å². The zero-order chi connectivity index (χ0) is 31.6. The standard InChI is InChI=1S/4C9H10O.C2H6.2CH3.Y/c4*1-2-5-8-6-3-4-7-9(8)10;1-2;;;/h4*2-4,6-7,10H,1,5H2;1-2H3;2*1H3;/q;;;;;2*-1;. The third kappa shape index (κ3) is 21.5. The molecule has 0 saturated carbocycles. The van der Waals surface area contributed by atoms with Crippen molar-refractivity contribution >= 4 is 0 Å². The predicted molar refractivity (Wildman–Crippen MR) is 192 cm³/mol. The Balaban J connectivity index is -0.000000239. The number of aromatic hydroxyl groups is 4. The minimum absolute atomic E-state index is 0. The van der Waals surface area contributed by atoms with Gasteiger partial charge in [-0.25, -0.2) is 0 Å². The van der Waals surface area contributed by atoms with Crippen LogP contribution in [0.15, 0.2) is 148 Å². The van der Waals surface area contributed by atoms with E-state index in [9.17, 15) is 20.4 Å². The van der Waals surface area contributed by atoms with Gasteiger partial charge in [0.25, 0.3) is 0 Å². The minimum Gasteiger partial charge on any atom is -0.508 e. The van der Waals surface area contributed by atoms with E-state index in [1.165, 1.54) is 0 Å². The summed E-state index contributed by atoms with van der Waals surface area (Å²) in [6.07, 6.45) is 10.0. The fourth-order valence-corrected chi connectivity index (χ4v) is 3.36. The number of hydrogen-bond donors (Lipinski definition) is 4. The molecule has 0 atom stereocenters. The molecule has 0 unspecified atom stereocenters. The van der Waals surface area contributed by atoms with Gasteiger partial charge < -0.3 is 35.3 Å². The van der Waals surface area contributed by atoms with Crippen molar-refractivity contribution in [1.29, 1.82) is 0 Å². The summed E-state index contributed by atoms with van der Waals surface area (Å²) in [5, 5.41) is 36.8. The molecule has 4 N–H and O–H groups in total. The van der Waals surface area contributed by atoms with Crippen LogP contribution in [0, 0.1) is 14.9 Å². The Kier molecular flexibility index (Phi) is 33.7. The molecule has 4 aromatic carbocycles. The average Bonchev–Trinajstić information content (AvgIpc) is 3.00. The molecule has 4 nitrogen and oxygen atoms in total. The normalized spacial score (nSPS) is 8.31.